The molecular formula is C10H16NO. The Bertz CT molecular complexity index is 134. The molecule has 12 heavy (non-hydrogen) atoms. The van der Waals surface area contributed by atoms with E-state index in [0.29, 0.717) is 0 Å². The summed E-state index contributed by atoms with van der Waals surface area (Å²) in [6.45, 7) is 2.70. The van der Waals surface area contributed by atoms with Crippen molar-refractivity contribution >= 4 is 0 Å². The molecule has 0 saturated heterocycles. The van der Waals surface area contributed by atoms with Crippen molar-refractivity contribution in [2.45, 2.75) is 13.0 Å². The fourth-order valence-electron chi connectivity index (χ4n) is 1.36. The van der Waals surface area contributed by atoms with Crippen LogP contribution in [-0.4, -0.2) is 36.8 Å². The van der Waals surface area contributed by atoms with E-state index in [2.05, 4.69) is 11.3 Å². The number of hydrogen-bond acceptors (Lipinski definition) is 2. The van der Waals surface area contributed by atoms with Gasteiger partial charge >= 0.3 is 0 Å². The Kier molecular flexibility index (Phi) is 3.53. The smallest absolute Gasteiger partial charge is 0.0583 e. The summed E-state index contributed by atoms with van der Waals surface area (Å²) in [5.74, 6) is 2.26. The second-order valence-corrected chi connectivity index (χ2v) is 3.42. The number of aliphatic hydroxyl groups excluding tert-OH is 1. The standard InChI is InChI=1S/C10H16NO/c1-8(12)10-6-4-5-9(10)7-11(2)3/h4-6,8,12H,7H2,1-3H3. The second kappa shape index (κ2) is 4.24. The summed E-state index contributed by atoms with van der Waals surface area (Å²) in [6, 6.07) is 0. The average Bonchev–Trinajstić information content (AvgIpc) is 2.33. The highest BCUT2D eigenvalue weighted by Crippen LogP contribution is 2.35. The zero-order chi connectivity index (χ0) is 9.14. The number of hydrogen-bond donors (Lipinski definition) is 1. The van der Waals surface area contributed by atoms with Crippen LogP contribution in [0.25, 0.3) is 0 Å². The summed E-state index contributed by atoms with van der Waals surface area (Å²) >= 11 is 0. The minimum Gasteiger partial charge on any atom is -0.393 e. The topological polar surface area (TPSA) is 23.5 Å². The highest BCUT2D eigenvalue weighted by atomic mass is 16.3. The molecule has 0 aliphatic heterocycles. The summed E-state index contributed by atoms with van der Waals surface area (Å²) in [6.07, 6.45) is 5.67. The summed E-state index contributed by atoms with van der Waals surface area (Å²) in [5.41, 5.74) is 0. The third-order valence-corrected chi connectivity index (χ3v) is 1.88. The molecule has 1 fully saturated rings. The van der Waals surface area contributed by atoms with E-state index in [0.717, 1.165) is 12.5 Å². The largest absolute Gasteiger partial charge is 0.393 e. The quantitative estimate of drug-likeness (QED) is 0.667. The van der Waals surface area contributed by atoms with Crippen LogP contribution in [-0.2, 0) is 0 Å². The molecule has 1 atom stereocenters. The van der Waals surface area contributed by atoms with Crippen molar-refractivity contribution in [3.63, 3.8) is 0 Å². The van der Waals surface area contributed by atoms with Gasteiger partial charge in [0, 0.05) is 18.4 Å². The van der Waals surface area contributed by atoms with Gasteiger partial charge in [-0.25, -0.2) is 0 Å². The monoisotopic (exact) mass is 166 g/mol. The molecule has 1 unspecified atom stereocenters. The summed E-state index contributed by atoms with van der Waals surface area (Å²) in [4.78, 5) is 2.10. The predicted octanol–water partition coefficient (Wildman–Crippen LogP) is 0.704. The minimum absolute atomic E-state index is 0.352. The lowest BCUT2D eigenvalue weighted by atomic mass is 9.91. The minimum atomic E-state index is -0.352. The van der Waals surface area contributed by atoms with Crippen molar-refractivity contribution in [1.82, 2.24) is 4.90 Å². The van der Waals surface area contributed by atoms with Crippen LogP contribution in [0.1, 0.15) is 6.92 Å². The third kappa shape index (κ3) is 2.46. The number of aliphatic hydroxyl groups is 1. The van der Waals surface area contributed by atoms with E-state index in [4.69, 9.17) is 0 Å². The zero-order valence-electron chi connectivity index (χ0n) is 7.91. The number of rotatable bonds is 3. The van der Waals surface area contributed by atoms with E-state index in [1.54, 1.807) is 6.92 Å². The van der Waals surface area contributed by atoms with E-state index >= 15 is 0 Å². The highest BCUT2D eigenvalue weighted by Gasteiger charge is 2.32. The molecule has 67 valence electrons. The lowest BCUT2D eigenvalue weighted by Crippen LogP contribution is -2.26. The second-order valence-electron chi connectivity index (χ2n) is 3.42. The normalized spacial score (nSPS) is 23.8. The van der Waals surface area contributed by atoms with Crippen molar-refractivity contribution < 1.29 is 5.11 Å². The van der Waals surface area contributed by atoms with E-state index in [9.17, 15) is 5.11 Å². The van der Waals surface area contributed by atoms with Crippen LogP contribution >= 0.6 is 0 Å². The first-order chi connectivity index (χ1) is 5.61. The molecule has 0 spiro atoms. The van der Waals surface area contributed by atoms with Gasteiger partial charge < -0.3 is 10.0 Å². The zero-order valence-corrected chi connectivity index (χ0v) is 7.91. The molecule has 1 N–H and O–H groups in total. The molecule has 2 nitrogen and oxygen atoms in total. The van der Waals surface area contributed by atoms with Crippen LogP contribution in [0.2, 0.25) is 0 Å². The molecule has 0 amide bonds. The van der Waals surface area contributed by atoms with Gasteiger partial charge in [0.25, 0.3) is 0 Å². The molecule has 1 aliphatic carbocycles. The summed E-state index contributed by atoms with van der Waals surface area (Å²) < 4.78 is 0. The van der Waals surface area contributed by atoms with Crippen molar-refractivity contribution in [1.29, 1.82) is 0 Å². The van der Waals surface area contributed by atoms with Crippen LogP contribution < -0.4 is 0 Å². The van der Waals surface area contributed by atoms with Crippen molar-refractivity contribution in [3.05, 3.63) is 31.1 Å². The molecule has 5 radical (unpaired) electrons. The Morgan fingerprint density at radius 3 is 2.58 bits per heavy atom. The molecular weight excluding hydrogens is 150 g/mol. The van der Waals surface area contributed by atoms with Gasteiger partial charge in [-0.1, -0.05) is 0 Å². The van der Waals surface area contributed by atoms with Gasteiger partial charge in [0.15, 0.2) is 0 Å². The van der Waals surface area contributed by atoms with Gasteiger partial charge in [-0.2, -0.15) is 0 Å². The molecule has 1 saturated carbocycles. The SMILES string of the molecule is CC(O)[C]1[CH][CH][CH][C]1CN(C)C. The van der Waals surface area contributed by atoms with E-state index in [-0.39, 0.29) is 6.10 Å². The van der Waals surface area contributed by atoms with Crippen LogP contribution in [0.5, 0.6) is 0 Å². The molecule has 0 aromatic heterocycles. The average molecular weight is 166 g/mol. The Balaban J connectivity index is 2.41. The van der Waals surface area contributed by atoms with Crippen molar-refractivity contribution in [2.75, 3.05) is 20.6 Å². The molecule has 2 heteroatoms. The first kappa shape index (κ1) is 10.0. The maximum absolute atomic E-state index is 9.39. The van der Waals surface area contributed by atoms with Crippen molar-refractivity contribution in [3.8, 4) is 0 Å². The Morgan fingerprint density at radius 1 is 1.42 bits per heavy atom. The summed E-state index contributed by atoms with van der Waals surface area (Å²) in [5, 5.41) is 9.39. The molecule has 0 aromatic carbocycles. The summed E-state index contributed by atoms with van der Waals surface area (Å²) in [7, 11) is 4.05. The van der Waals surface area contributed by atoms with Crippen LogP contribution in [0.4, 0.5) is 0 Å². The highest BCUT2D eigenvalue weighted by molar-refractivity contribution is 5.46. The third-order valence-electron chi connectivity index (χ3n) is 1.88. The maximum Gasteiger partial charge on any atom is 0.0583 e. The van der Waals surface area contributed by atoms with Gasteiger partial charge in [-0.3, -0.25) is 0 Å². The fourth-order valence-corrected chi connectivity index (χ4v) is 1.36. The maximum atomic E-state index is 9.39. The first-order valence-electron chi connectivity index (χ1n) is 4.18. The number of nitrogens with zero attached hydrogens (tertiary/aromatic N) is 1. The van der Waals surface area contributed by atoms with Gasteiger partial charge in [0.2, 0.25) is 0 Å². The first-order valence-corrected chi connectivity index (χ1v) is 4.18. The molecule has 0 bridgehead atoms. The molecule has 1 rings (SSSR count). The lowest BCUT2D eigenvalue weighted by molar-refractivity contribution is 0.210. The van der Waals surface area contributed by atoms with Crippen LogP contribution in [0.15, 0.2) is 0 Å². The predicted molar refractivity (Wildman–Crippen MR) is 49.6 cm³/mol. The Hall–Kier alpha value is -0.0800. The van der Waals surface area contributed by atoms with E-state index in [1.807, 2.05) is 26.9 Å². The Morgan fingerprint density at radius 2 is 2.08 bits per heavy atom. The van der Waals surface area contributed by atoms with Gasteiger partial charge in [-0.15, -0.1) is 0 Å². The van der Waals surface area contributed by atoms with Crippen molar-refractivity contribution in [2.24, 2.45) is 0 Å². The molecule has 0 aromatic rings. The lowest BCUT2D eigenvalue weighted by Gasteiger charge is -2.23. The van der Waals surface area contributed by atoms with E-state index in [1.165, 1.54) is 5.92 Å². The Labute approximate surface area is 75.6 Å². The van der Waals surface area contributed by atoms with Gasteiger partial charge in [-0.05, 0) is 40.3 Å². The van der Waals surface area contributed by atoms with Crippen LogP contribution in [0.3, 0.4) is 0 Å². The molecule has 0 heterocycles. The van der Waals surface area contributed by atoms with E-state index < -0.39 is 0 Å². The van der Waals surface area contributed by atoms with Crippen LogP contribution in [0, 0.1) is 31.1 Å². The van der Waals surface area contributed by atoms with Gasteiger partial charge in [0.05, 0.1) is 6.10 Å². The van der Waals surface area contributed by atoms with Gasteiger partial charge in [0.1, 0.15) is 0 Å². The fraction of sp³-hybridized carbons (Fsp3) is 0.500. The molecule has 1 aliphatic rings.